The van der Waals surface area contributed by atoms with E-state index in [4.69, 9.17) is 0 Å². The number of nitrogens with zero attached hydrogens (tertiary/aromatic N) is 2. The zero-order valence-corrected chi connectivity index (χ0v) is 13.7. The van der Waals surface area contributed by atoms with E-state index in [9.17, 15) is 9.18 Å². The second kappa shape index (κ2) is 7.53. The van der Waals surface area contributed by atoms with Gasteiger partial charge in [-0.1, -0.05) is 24.3 Å². The van der Waals surface area contributed by atoms with E-state index in [2.05, 4.69) is 33.8 Å². The third-order valence-electron chi connectivity index (χ3n) is 3.73. The fourth-order valence-electron chi connectivity index (χ4n) is 2.28. The summed E-state index contributed by atoms with van der Waals surface area (Å²) < 4.78 is 12.9. The summed E-state index contributed by atoms with van der Waals surface area (Å²) in [6.07, 6.45) is 0. The Bertz CT molecular complexity index is 863. The van der Waals surface area contributed by atoms with Crippen LogP contribution in [0.2, 0.25) is 0 Å². The molecule has 1 aromatic heterocycles. The molecule has 0 aliphatic rings. The third kappa shape index (κ3) is 4.38. The molecule has 2 aromatic carbocycles. The molecule has 1 amide bonds. The molecule has 0 bridgehead atoms. The summed E-state index contributed by atoms with van der Waals surface area (Å²) >= 11 is 0. The lowest BCUT2D eigenvalue weighted by Crippen LogP contribution is -2.13. The Labute approximate surface area is 144 Å². The van der Waals surface area contributed by atoms with Crippen LogP contribution in [0.25, 0.3) is 0 Å². The second-order valence-corrected chi connectivity index (χ2v) is 5.54. The Morgan fingerprint density at radius 3 is 2.32 bits per heavy atom. The van der Waals surface area contributed by atoms with E-state index in [1.165, 1.54) is 35.4 Å². The first kappa shape index (κ1) is 16.6. The van der Waals surface area contributed by atoms with Crippen LogP contribution < -0.4 is 10.6 Å². The smallest absolute Gasteiger partial charge is 0.256 e. The van der Waals surface area contributed by atoms with Crippen LogP contribution in [-0.4, -0.2) is 16.1 Å². The summed E-state index contributed by atoms with van der Waals surface area (Å²) in [7, 11) is 0. The lowest BCUT2D eigenvalue weighted by Gasteiger charge is -2.08. The van der Waals surface area contributed by atoms with Gasteiger partial charge in [0, 0.05) is 12.1 Å². The largest absolute Gasteiger partial charge is 0.364 e. The summed E-state index contributed by atoms with van der Waals surface area (Å²) in [5.74, 6) is 0.189. The number of halogens is 1. The number of hydrogen-bond donors (Lipinski definition) is 2. The first-order chi connectivity index (χ1) is 12.1. The minimum absolute atomic E-state index is 0.329. The molecule has 3 aromatic rings. The van der Waals surface area contributed by atoms with Crippen LogP contribution in [-0.2, 0) is 6.54 Å². The third-order valence-corrected chi connectivity index (χ3v) is 3.73. The highest BCUT2D eigenvalue weighted by atomic mass is 19.1. The molecule has 0 aliphatic heterocycles. The number of hydrogen-bond acceptors (Lipinski definition) is 4. The Balaban J connectivity index is 1.59. The van der Waals surface area contributed by atoms with Gasteiger partial charge in [-0.2, -0.15) is 0 Å². The van der Waals surface area contributed by atoms with Gasteiger partial charge in [0.15, 0.2) is 5.82 Å². The molecule has 0 spiro atoms. The Kier molecular flexibility index (Phi) is 4.99. The average molecular weight is 336 g/mol. The zero-order valence-electron chi connectivity index (χ0n) is 13.7. The van der Waals surface area contributed by atoms with Crippen LogP contribution in [0.4, 0.5) is 16.0 Å². The molecule has 0 unspecified atom stereocenters. The quantitative estimate of drug-likeness (QED) is 0.744. The van der Waals surface area contributed by atoms with Gasteiger partial charge in [0.25, 0.3) is 5.91 Å². The van der Waals surface area contributed by atoms with Gasteiger partial charge in [0.1, 0.15) is 11.6 Å². The lowest BCUT2D eigenvalue weighted by molar-refractivity contribution is 0.102. The van der Waals surface area contributed by atoms with Crippen molar-refractivity contribution in [1.29, 1.82) is 0 Å². The molecule has 0 saturated heterocycles. The van der Waals surface area contributed by atoms with Crippen molar-refractivity contribution in [2.45, 2.75) is 13.5 Å². The Morgan fingerprint density at radius 2 is 1.64 bits per heavy atom. The number of anilines is 2. The van der Waals surface area contributed by atoms with Gasteiger partial charge in [-0.05, 0) is 54.4 Å². The number of aryl methyl sites for hydroxylation is 1. The van der Waals surface area contributed by atoms with Gasteiger partial charge in [-0.3, -0.25) is 4.79 Å². The molecule has 0 aliphatic carbocycles. The molecule has 0 fully saturated rings. The van der Waals surface area contributed by atoms with E-state index in [1.807, 2.05) is 18.2 Å². The summed E-state index contributed by atoms with van der Waals surface area (Å²) in [5, 5.41) is 13.8. The van der Waals surface area contributed by atoms with E-state index in [0.717, 1.165) is 0 Å². The molecule has 1 heterocycles. The van der Waals surface area contributed by atoms with E-state index in [0.29, 0.717) is 23.7 Å². The Hall–Kier alpha value is -3.28. The van der Waals surface area contributed by atoms with Gasteiger partial charge >= 0.3 is 0 Å². The number of aromatic nitrogens is 2. The molecule has 25 heavy (non-hydrogen) atoms. The highest BCUT2D eigenvalue weighted by Crippen LogP contribution is 2.12. The standard InChI is InChI=1S/C19H17FN4O/c1-13-4-2-3-5-15(13)12-21-17-10-11-18(24-23-17)22-19(25)14-6-8-16(20)9-7-14/h2-11H,12H2,1H3,(H,21,23)(H,22,24,25). The van der Waals surface area contributed by atoms with E-state index in [1.54, 1.807) is 12.1 Å². The van der Waals surface area contributed by atoms with Crippen molar-refractivity contribution in [3.05, 3.63) is 83.2 Å². The van der Waals surface area contributed by atoms with Crippen molar-refractivity contribution >= 4 is 17.5 Å². The van der Waals surface area contributed by atoms with E-state index in [-0.39, 0.29) is 11.7 Å². The van der Waals surface area contributed by atoms with Crippen molar-refractivity contribution in [1.82, 2.24) is 10.2 Å². The highest BCUT2D eigenvalue weighted by molar-refractivity contribution is 6.03. The normalized spacial score (nSPS) is 10.3. The summed E-state index contributed by atoms with van der Waals surface area (Å²) in [6.45, 7) is 2.69. The molecule has 0 saturated carbocycles. The summed E-state index contributed by atoms with van der Waals surface area (Å²) in [6, 6.07) is 16.8. The predicted molar refractivity (Wildman–Crippen MR) is 94.9 cm³/mol. The Morgan fingerprint density at radius 1 is 0.960 bits per heavy atom. The first-order valence-electron chi connectivity index (χ1n) is 7.81. The van der Waals surface area contributed by atoms with Crippen LogP contribution in [0.1, 0.15) is 21.5 Å². The highest BCUT2D eigenvalue weighted by Gasteiger charge is 2.07. The number of nitrogens with one attached hydrogen (secondary N) is 2. The monoisotopic (exact) mass is 336 g/mol. The molecular formula is C19H17FN4O. The van der Waals surface area contributed by atoms with E-state index < -0.39 is 0 Å². The molecule has 0 radical (unpaired) electrons. The number of benzene rings is 2. The van der Waals surface area contributed by atoms with E-state index >= 15 is 0 Å². The molecular weight excluding hydrogens is 319 g/mol. The number of carbonyl (C=O) groups excluding carboxylic acids is 1. The van der Waals surface area contributed by atoms with Gasteiger partial charge in [-0.15, -0.1) is 10.2 Å². The van der Waals surface area contributed by atoms with Gasteiger partial charge in [-0.25, -0.2) is 4.39 Å². The van der Waals surface area contributed by atoms with Crippen molar-refractivity contribution in [2.75, 3.05) is 10.6 Å². The number of amides is 1. The molecule has 3 rings (SSSR count). The van der Waals surface area contributed by atoms with Crippen LogP contribution in [0.15, 0.2) is 60.7 Å². The van der Waals surface area contributed by atoms with Gasteiger partial charge < -0.3 is 10.6 Å². The summed E-state index contributed by atoms with van der Waals surface area (Å²) in [4.78, 5) is 12.0. The zero-order chi connectivity index (χ0) is 17.6. The van der Waals surface area contributed by atoms with Crippen LogP contribution >= 0.6 is 0 Å². The molecule has 0 atom stereocenters. The van der Waals surface area contributed by atoms with Crippen LogP contribution in [0, 0.1) is 12.7 Å². The minimum atomic E-state index is -0.388. The van der Waals surface area contributed by atoms with Crippen LogP contribution in [0.5, 0.6) is 0 Å². The van der Waals surface area contributed by atoms with Gasteiger partial charge in [0.05, 0.1) is 0 Å². The minimum Gasteiger partial charge on any atom is -0.364 e. The molecule has 2 N–H and O–H groups in total. The maximum Gasteiger partial charge on any atom is 0.256 e. The second-order valence-electron chi connectivity index (χ2n) is 5.54. The fourth-order valence-corrected chi connectivity index (χ4v) is 2.28. The van der Waals surface area contributed by atoms with Crippen molar-refractivity contribution in [3.8, 4) is 0 Å². The van der Waals surface area contributed by atoms with Crippen molar-refractivity contribution in [2.24, 2.45) is 0 Å². The fraction of sp³-hybridized carbons (Fsp3) is 0.105. The summed E-state index contributed by atoms with van der Waals surface area (Å²) in [5.41, 5.74) is 2.73. The average Bonchev–Trinajstić information content (AvgIpc) is 2.63. The first-order valence-corrected chi connectivity index (χ1v) is 7.81. The predicted octanol–water partition coefficient (Wildman–Crippen LogP) is 3.79. The van der Waals surface area contributed by atoms with Crippen molar-refractivity contribution < 1.29 is 9.18 Å². The van der Waals surface area contributed by atoms with Crippen molar-refractivity contribution in [3.63, 3.8) is 0 Å². The topological polar surface area (TPSA) is 66.9 Å². The van der Waals surface area contributed by atoms with Crippen LogP contribution in [0.3, 0.4) is 0 Å². The van der Waals surface area contributed by atoms with Gasteiger partial charge in [0.2, 0.25) is 0 Å². The number of carbonyl (C=O) groups is 1. The molecule has 6 heteroatoms. The maximum absolute atomic E-state index is 12.9. The SMILES string of the molecule is Cc1ccccc1CNc1ccc(NC(=O)c2ccc(F)cc2)nn1. The molecule has 5 nitrogen and oxygen atoms in total. The lowest BCUT2D eigenvalue weighted by atomic mass is 10.1. The maximum atomic E-state index is 12.9. The number of rotatable bonds is 5. The molecule has 126 valence electrons.